The second kappa shape index (κ2) is 7.02. The van der Waals surface area contributed by atoms with E-state index in [1.54, 1.807) is 0 Å². The highest BCUT2D eigenvalue weighted by atomic mass is 19.4. The van der Waals surface area contributed by atoms with Gasteiger partial charge in [-0.25, -0.2) is 0 Å². The maximum atomic E-state index is 12.7. The summed E-state index contributed by atoms with van der Waals surface area (Å²) < 4.78 is 80.9. The maximum absolute atomic E-state index is 12.7. The van der Waals surface area contributed by atoms with E-state index in [1.807, 2.05) is 5.10 Å². The van der Waals surface area contributed by atoms with Crippen molar-refractivity contribution in [2.45, 2.75) is 44.5 Å². The normalized spacial score (nSPS) is 22.4. The first-order valence-corrected chi connectivity index (χ1v) is 7.42. The SMILES string of the molecule is O=C(OCCc1cn[nH]c1C(F)(F)F)C1CCCC(C(F)(F)F)C1. The van der Waals surface area contributed by atoms with Crippen LogP contribution in [0.25, 0.3) is 0 Å². The third-order valence-electron chi connectivity index (χ3n) is 4.09. The third kappa shape index (κ3) is 4.64. The summed E-state index contributed by atoms with van der Waals surface area (Å²) in [4.78, 5) is 11.8. The van der Waals surface area contributed by atoms with E-state index in [2.05, 4.69) is 5.10 Å². The van der Waals surface area contributed by atoms with Gasteiger partial charge >= 0.3 is 18.3 Å². The predicted octanol–water partition coefficient (Wildman–Crippen LogP) is 3.88. The summed E-state index contributed by atoms with van der Waals surface area (Å²) in [6.45, 7) is -0.339. The number of alkyl halides is 6. The zero-order valence-corrected chi connectivity index (χ0v) is 12.5. The monoisotopic (exact) mass is 358 g/mol. The second-order valence-corrected chi connectivity index (χ2v) is 5.79. The Kier molecular flexibility index (Phi) is 5.44. The summed E-state index contributed by atoms with van der Waals surface area (Å²) in [5, 5.41) is 5.13. The first kappa shape index (κ1) is 18.6. The van der Waals surface area contributed by atoms with Gasteiger partial charge in [-0.2, -0.15) is 31.4 Å². The fourth-order valence-electron chi connectivity index (χ4n) is 2.83. The highest BCUT2D eigenvalue weighted by Gasteiger charge is 2.44. The number of halogens is 6. The van der Waals surface area contributed by atoms with Crippen molar-refractivity contribution in [3.63, 3.8) is 0 Å². The third-order valence-corrected chi connectivity index (χ3v) is 4.09. The van der Waals surface area contributed by atoms with E-state index in [4.69, 9.17) is 4.74 Å². The van der Waals surface area contributed by atoms with Crippen molar-refractivity contribution in [1.29, 1.82) is 0 Å². The number of carbonyl (C=O) groups is 1. The number of nitrogens with zero attached hydrogens (tertiary/aromatic N) is 1. The van der Waals surface area contributed by atoms with Crippen LogP contribution in [0.15, 0.2) is 6.20 Å². The molecule has 0 saturated heterocycles. The molecular formula is C14H16F6N2O2. The molecular weight excluding hydrogens is 342 g/mol. The average molecular weight is 358 g/mol. The van der Waals surface area contributed by atoms with Crippen LogP contribution in [-0.2, 0) is 22.1 Å². The molecule has 1 aromatic rings. The molecule has 1 saturated carbocycles. The molecule has 0 aliphatic heterocycles. The van der Waals surface area contributed by atoms with Gasteiger partial charge in [-0.05, 0) is 19.3 Å². The number of esters is 1. The van der Waals surface area contributed by atoms with Gasteiger partial charge in [0.2, 0.25) is 0 Å². The fourth-order valence-corrected chi connectivity index (χ4v) is 2.83. The number of hydrogen-bond acceptors (Lipinski definition) is 3. The van der Waals surface area contributed by atoms with Crippen LogP contribution in [0.2, 0.25) is 0 Å². The number of aromatic amines is 1. The minimum Gasteiger partial charge on any atom is -0.465 e. The Morgan fingerprint density at radius 3 is 2.58 bits per heavy atom. The first-order valence-electron chi connectivity index (χ1n) is 7.42. The molecule has 1 heterocycles. The molecule has 10 heteroatoms. The lowest BCUT2D eigenvalue weighted by molar-refractivity contribution is -0.189. The standard InChI is InChI=1S/C14H16F6N2O2/c15-13(16,17)10-3-1-2-8(6-10)12(23)24-5-4-9-7-21-22-11(9)14(18,19)20/h7-8,10H,1-6H2,(H,21,22). The Labute approximate surface area is 133 Å². The molecule has 2 atom stereocenters. The lowest BCUT2D eigenvalue weighted by atomic mass is 9.81. The van der Waals surface area contributed by atoms with Crippen molar-refractivity contribution in [1.82, 2.24) is 10.2 Å². The molecule has 1 aromatic heterocycles. The van der Waals surface area contributed by atoms with Gasteiger partial charge in [-0.15, -0.1) is 0 Å². The molecule has 0 aromatic carbocycles. The van der Waals surface area contributed by atoms with Crippen LogP contribution >= 0.6 is 0 Å². The Morgan fingerprint density at radius 1 is 1.25 bits per heavy atom. The molecule has 0 spiro atoms. The van der Waals surface area contributed by atoms with Crippen LogP contribution < -0.4 is 0 Å². The van der Waals surface area contributed by atoms with Crippen LogP contribution in [0.5, 0.6) is 0 Å². The van der Waals surface area contributed by atoms with Crippen LogP contribution in [0.4, 0.5) is 26.3 Å². The van der Waals surface area contributed by atoms with Gasteiger partial charge in [-0.3, -0.25) is 9.89 Å². The zero-order valence-electron chi connectivity index (χ0n) is 12.5. The van der Waals surface area contributed by atoms with Crippen molar-refractivity contribution >= 4 is 5.97 Å². The fraction of sp³-hybridized carbons (Fsp3) is 0.714. The van der Waals surface area contributed by atoms with Crippen molar-refractivity contribution in [2.24, 2.45) is 11.8 Å². The zero-order chi connectivity index (χ0) is 18.0. The van der Waals surface area contributed by atoms with E-state index in [9.17, 15) is 31.1 Å². The van der Waals surface area contributed by atoms with E-state index in [-0.39, 0.29) is 37.9 Å². The van der Waals surface area contributed by atoms with Gasteiger partial charge in [0, 0.05) is 12.0 Å². The summed E-state index contributed by atoms with van der Waals surface area (Å²) in [5.41, 5.74) is -1.18. The molecule has 2 rings (SSSR count). The van der Waals surface area contributed by atoms with Gasteiger partial charge in [0.05, 0.1) is 24.6 Å². The van der Waals surface area contributed by atoms with Gasteiger partial charge in [0.25, 0.3) is 0 Å². The summed E-state index contributed by atoms with van der Waals surface area (Å²) in [6, 6.07) is 0. The number of H-pyrrole nitrogens is 1. The van der Waals surface area contributed by atoms with Crippen molar-refractivity contribution in [3.8, 4) is 0 Å². The van der Waals surface area contributed by atoms with Crippen molar-refractivity contribution in [2.75, 3.05) is 6.61 Å². The van der Waals surface area contributed by atoms with Gasteiger partial charge in [-0.1, -0.05) is 6.42 Å². The van der Waals surface area contributed by atoms with Crippen molar-refractivity contribution in [3.05, 3.63) is 17.5 Å². The van der Waals surface area contributed by atoms with Gasteiger partial charge < -0.3 is 4.74 Å². The van der Waals surface area contributed by atoms with E-state index < -0.39 is 35.9 Å². The molecule has 136 valence electrons. The summed E-state index contributed by atoms with van der Waals surface area (Å²) in [6.07, 6.45) is -7.96. The van der Waals surface area contributed by atoms with Crippen LogP contribution in [0.1, 0.15) is 36.9 Å². The minimum absolute atomic E-state index is 0.0166. The largest absolute Gasteiger partial charge is 0.465 e. The number of carbonyl (C=O) groups excluding carboxylic acids is 1. The van der Waals surface area contributed by atoms with E-state index >= 15 is 0 Å². The lowest BCUT2D eigenvalue weighted by Gasteiger charge is -2.29. The topological polar surface area (TPSA) is 55.0 Å². The maximum Gasteiger partial charge on any atom is 0.433 e. The summed E-state index contributed by atoms with van der Waals surface area (Å²) >= 11 is 0. The first-order chi connectivity index (χ1) is 11.1. The molecule has 4 nitrogen and oxygen atoms in total. The van der Waals surface area contributed by atoms with E-state index in [1.165, 1.54) is 0 Å². The number of ether oxygens (including phenoxy) is 1. The number of nitrogens with one attached hydrogen (secondary N) is 1. The molecule has 1 aliphatic rings. The minimum atomic E-state index is -4.60. The Balaban J connectivity index is 1.85. The summed E-state index contributed by atoms with van der Waals surface area (Å²) in [5.74, 6) is -3.19. The van der Waals surface area contributed by atoms with Crippen LogP contribution in [-0.4, -0.2) is 28.9 Å². The number of rotatable bonds is 4. The molecule has 1 N–H and O–H groups in total. The van der Waals surface area contributed by atoms with Crippen LogP contribution in [0, 0.1) is 11.8 Å². The second-order valence-electron chi connectivity index (χ2n) is 5.79. The van der Waals surface area contributed by atoms with Crippen LogP contribution in [0.3, 0.4) is 0 Å². The molecule has 0 radical (unpaired) electrons. The molecule has 2 unspecified atom stereocenters. The number of aromatic nitrogens is 2. The predicted molar refractivity (Wildman–Crippen MR) is 69.8 cm³/mol. The molecule has 1 fully saturated rings. The van der Waals surface area contributed by atoms with Gasteiger partial charge in [0.1, 0.15) is 5.69 Å². The molecule has 0 bridgehead atoms. The number of hydrogen-bond donors (Lipinski definition) is 1. The Bertz CT molecular complexity index is 566. The molecule has 1 aliphatic carbocycles. The highest BCUT2D eigenvalue weighted by molar-refractivity contribution is 5.72. The van der Waals surface area contributed by atoms with E-state index in [0.717, 1.165) is 6.20 Å². The smallest absolute Gasteiger partial charge is 0.433 e. The highest BCUT2D eigenvalue weighted by Crippen LogP contribution is 2.40. The Morgan fingerprint density at radius 2 is 1.96 bits per heavy atom. The Hall–Kier alpha value is -1.74. The van der Waals surface area contributed by atoms with Gasteiger partial charge in [0.15, 0.2) is 0 Å². The van der Waals surface area contributed by atoms with E-state index in [0.29, 0.717) is 6.42 Å². The quantitative estimate of drug-likeness (QED) is 0.656. The average Bonchev–Trinajstić information content (AvgIpc) is 2.95. The summed E-state index contributed by atoms with van der Waals surface area (Å²) in [7, 11) is 0. The molecule has 24 heavy (non-hydrogen) atoms. The van der Waals surface area contributed by atoms with Crippen molar-refractivity contribution < 1.29 is 35.9 Å². The lowest BCUT2D eigenvalue weighted by Crippen LogP contribution is -2.32. The molecule has 0 amide bonds.